The minimum Gasteiger partial charge on any atom is -0.449 e. The Labute approximate surface area is 153 Å². The molecule has 0 saturated carbocycles. The lowest BCUT2D eigenvalue weighted by molar-refractivity contribution is 0.152. The summed E-state index contributed by atoms with van der Waals surface area (Å²) in [5.74, 6) is 0. The molecule has 2 aromatic rings. The Morgan fingerprint density at radius 3 is 2.27 bits per heavy atom. The summed E-state index contributed by atoms with van der Waals surface area (Å²) in [6.45, 7) is 5.57. The van der Waals surface area contributed by atoms with Crippen LogP contribution in [0.2, 0.25) is 0 Å². The highest BCUT2D eigenvalue weighted by atomic mass is 32.2. The average molecular weight is 375 g/mol. The molecule has 0 aliphatic rings. The largest absolute Gasteiger partial charge is 0.449 e. The van der Waals surface area contributed by atoms with Crippen LogP contribution < -0.4 is 10.1 Å². The van der Waals surface area contributed by atoms with Gasteiger partial charge in [0.25, 0.3) is 10.0 Å². The molecule has 0 radical (unpaired) electrons. The average Bonchev–Trinajstić information content (AvgIpc) is 2.60. The Balaban J connectivity index is 2.08. The van der Waals surface area contributed by atoms with Crippen LogP contribution in [0, 0.1) is 6.92 Å². The predicted octanol–water partition coefficient (Wildman–Crippen LogP) is 3.27. The van der Waals surface area contributed by atoms with Crippen molar-refractivity contribution < 1.29 is 17.9 Å². The molecular formula is C18H21N3O4S. The summed E-state index contributed by atoms with van der Waals surface area (Å²) in [7, 11) is -3.64. The zero-order valence-corrected chi connectivity index (χ0v) is 15.6. The van der Waals surface area contributed by atoms with E-state index in [0.717, 1.165) is 11.1 Å². The minimum absolute atomic E-state index is 0.198. The van der Waals surface area contributed by atoms with Gasteiger partial charge in [-0.05, 0) is 50.6 Å². The van der Waals surface area contributed by atoms with Gasteiger partial charge in [0.2, 0.25) is 0 Å². The minimum atomic E-state index is -3.64. The van der Waals surface area contributed by atoms with E-state index in [1.165, 1.54) is 0 Å². The number of ether oxygens (including phenoxy) is 1. The SMILES string of the molecule is CCOC(=O)N/N=C(\C)c1ccc(NS(=O)(=O)c2ccc(C)cc2)cc1. The molecule has 26 heavy (non-hydrogen) atoms. The fourth-order valence-corrected chi connectivity index (χ4v) is 3.13. The molecule has 0 atom stereocenters. The van der Waals surface area contributed by atoms with Crippen LogP contribution in [0.3, 0.4) is 0 Å². The van der Waals surface area contributed by atoms with Crippen LogP contribution in [-0.2, 0) is 14.8 Å². The smallest absolute Gasteiger partial charge is 0.427 e. The van der Waals surface area contributed by atoms with Gasteiger partial charge in [0.15, 0.2) is 0 Å². The quantitative estimate of drug-likeness (QED) is 0.598. The summed E-state index contributed by atoms with van der Waals surface area (Å²) < 4.78 is 32.0. The first kappa shape index (κ1) is 19.5. The number of carbonyl (C=O) groups excluding carboxylic acids is 1. The van der Waals surface area contributed by atoms with Crippen molar-refractivity contribution in [3.05, 3.63) is 59.7 Å². The van der Waals surface area contributed by atoms with E-state index in [9.17, 15) is 13.2 Å². The van der Waals surface area contributed by atoms with Crippen molar-refractivity contribution in [3.63, 3.8) is 0 Å². The molecule has 0 aliphatic carbocycles. The molecule has 0 unspecified atom stereocenters. The number of nitrogens with zero attached hydrogens (tertiary/aromatic N) is 1. The summed E-state index contributed by atoms with van der Waals surface area (Å²) >= 11 is 0. The maximum Gasteiger partial charge on any atom is 0.427 e. The van der Waals surface area contributed by atoms with Crippen molar-refractivity contribution in [2.24, 2.45) is 5.10 Å². The number of hydrogen-bond acceptors (Lipinski definition) is 5. The fraction of sp³-hybridized carbons (Fsp3) is 0.222. The number of hydrazone groups is 1. The Hall–Kier alpha value is -2.87. The molecular weight excluding hydrogens is 354 g/mol. The number of sulfonamides is 1. The Bertz CT molecular complexity index is 889. The van der Waals surface area contributed by atoms with Gasteiger partial charge in [-0.3, -0.25) is 4.72 Å². The van der Waals surface area contributed by atoms with E-state index >= 15 is 0 Å². The molecule has 0 heterocycles. The summed E-state index contributed by atoms with van der Waals surface area (Å²) in [4.78, 5) is 11.4. The predicted molar refractivity (Wildman–Crippen MR) is 101 cm³/mol. The van der Waals surface area contributed by atoms with E-state index in [1.54, 1.807) is 62.4 Å². The molecule has 0 aromatic heterocycles. The van der Waals surface area contributed by atoms with Crippen LogP contribution in [0.5, 0.6) is 0 Å². The molecule has 2 aromatic carbocycles. The first-order valence-corrected chi connectivity index (χ1v) is 9.47. The first-order valence-electron chi connectivity index (χ1n) is 7.99. The lowest BCUT2D eigenvalue weighted by Gasteiger charge is -2.09. The molecule has 0 fully saturated rings. The van der Waals surface area contributed by atoms with Gasteiger partial charge in [-0.25, -0.2) is 18.6 Å². The summed E-state index contributed by atoms with van der Waals surface area (Å²) in [5, 5.41) is 3.93. The molecule has 0 spiro atoms. The van der Waals surface area contributed by atoms with E-state index in [2.05, 4.69) is 15.2 Å². The number of nitrogens with one attached hydrogen (secondary N) is 2. The standard InChI is InChI=1S/C18H21N3O4S/c1-4-25-18(22)20-19-14(3)15-7-9-16(10-8-15)21-26(23,24)17-11-5-13(2)6-12-17/h5-12,21H,4H2,1-3H3,(H,20,22)/b19-14+. The highest BCUT2D eigenvalue weighted by Gasteiger charge is 2.13. The summed E-state index contributed by atoms with van der Waals surface area (Å²) in [6.07, 6.45) is -0.630. The highest BCUT2D eigenvalue weighted by Crippen LogP contribution is 2.17. The molecule has 1 amide bonds. The third-order valence-electron chi connectivity index (χ3n) is 3.48. The number of aryl methyl sites for hydroxylation is 1. The van der Waals surface area contributed by atoms with Gasteiger partial charge in [-0.2, -0.15) is 5.10 Å². The van der Waals surface area contributed by atoms with Crippen LogP contribution in [-0.4, -0.2) is 26.8 Å². The van der Waals surface area contributed by atoms with Crippen LogP contribution in [0.4, 0.5) is 10.5 Å². The lowest BCUT2D eigenvalue weighted by Crippen LogP contribution is -2.20. The number of rotatable bonds is 6. The number of hydrogen-bond donors (Lipinski definition) is 2. The Morgan fingerprint density at radius 1 is 1.08 bits per heavy atom. The first-order chi connectivity index (χ1) is 12.3. The van der Waals surface area contributed by atoms with Gasteiger partial charge < -0.3 is 4.74 Å². The van der Waals surface area contributed by atoms with Crippen LogP contribution >= 0.6 is 0 Å². The van der Waals surface area contributed by atoms with Gasteiger partial charge in [0, 0.05) is 5.69 Å². The van der Waals surface area contributed by atoms with Gasteiger partial charge in [-0.15, -0.1) is 0 Å². The molecule has 138 valence electrons. The summed E-state index contributed by atoms with van der Waals surface area (Å²) in [5.41, 5.74) is 4.99. The molecule has 0 bridgehead atoms. The summed E-state index contributed by atoms with van der Waals surface area (Å²) in [6, 6.07) is 13.3. The van der Waals surface area contributed by atoms with E-state index in [-0.39, 0.29) is 11.5 Å². The maximum absolute atomic E-state index is 12.4. The highest BCUT2D eigenvalue weighted by molar-refractivity contribution is 7.92. The van der Waals surface area contributed by atoms with Gasteiger partial charge >= 0.3 is 6.09 Å². The molecule has 2 rings (SSSR count). The van der Waals surface area contributed by atoms with Crippen LogP contribution in [0.1, 0.15) is 25.0 Å². The zero-order chi connectivity index (χ0) is 19.2. The normalized spacial score (nSPS) is 11.7. The van der Waals surface area contributed by atoms with Crippen molar-refractivity contribution in [3.8, 4) is 0 Å². The second-order valence-electron chi connectivity index (χ2n) is 5.53. The number of benzene rings is 2. The Morgan fingerprint density at radius 2 is 1.69 bits per heavy atom. The van der Waals surface area contributed by atoms with Crippen molar-refractivity contribution >= 4 is 27.5 Å². The molecule has 0 aliphatic heterocycles. The van der Waals surface area contributed by atoms with Crippen molar-refractivity contribution in [2.75, 3.05) is 11.3 Å². The van der Waals surface area contributed by atoms with E-state index in [4.69, 9.17) is 4.74 Å². The molecule has 7 nitrogen and oxygen atoms in total. The Kier molecular flexibility index (Phi) is 6.35. The lowest BCUT2D eigenvalue weighted by atomic mass is 10.1. The number of anilines is 1. The van der Waals surface area contributed by atoms with Crippen molar-refractivity contribution in [1.29, 1.82) is 0 Å². The van der Waals surface area contributed by atoms with E-state index in [0.29, 0.717) is 11.4 Å². The second-order valence-corrected chi connectivity index (χ2v) is 7.21. The van der Waals surface area contributed by atoms with Crippen molar-refractivity contribution in [2.45, 2.75) is 25.7 Å². The number of carbonyl (C=O) groups is 1. The maximum atomic E-state index is 12.4. The third-order valence-corrected chi connectivity index (χ3v) is 4.87. The topological polar surface area (TPSA) is 96.9 Å². The van der Waals surface area contributed by atoms with Crippen LogP contribution in [0.15, 0.2) is 58.5 Å². The monoisotopic (exact) mass is 375 g/mol. The van der Waals surface area contributed by atoms with E-state index in [1.807, 2.05) is 6.92 Å². The number of amides is 1. The fourth-order valence-electron chi connectivity index (χ4n) is 2.07. The van der Waals surface area contributed by atoms with E-state index < -0.39 is 16.1 Å². The third kappa shape index (κ3) is 5.32. The van der Waals surface area contributed by atoms with Gasteiger partial charge in [0.05, 0.1) is 17.2 Å². The molecule has 8 heteroatoms. The van der Waals surface area contributed by atoms with Crippen LogP contribution in [0.25, 0.3) is 0 Å². The van der Waals surface area contributed by atoms with Crippen molar-refractivity contribution in [1.82, 2.24) is 5.43 Å². The van der Waals surface area contributed by atoms with Gasteiger partial charge in [-0.1, -0.05) is 29.8 Å². The second kappa shape index (κ2) is 8.48. The molecule has 0 saturated heterocycles. The molecule has 2 N–H and O–H groups in total. The van der Waals surface area contributed by atoms with Gasteiger partial charge in [0.1, 0.15) is 0 Å². The zero-order valence-electron chi connectivity index (χ0n) is 14.8.